The molecule has 7 nitrogen and oxygen atoms in total. The lowest BCUT2D eigenvalue weighted by atomic mass is 10.2. The molecule has 0 saturated carbocycles. The highest BCUT2D eigenvalue weighted by atomic mass is 15.3. The largest absolute Gasteiger partial charge is 0.357 e. The number of benzene rings is 1. The fraction of sp³-hybridized carbons (Fsp3) is 0.350. The van der Waals surface area contributed by atoms with Gasteiger partial charge in [-0.15, -0.1) is 0 Å². The Morgan fingerprint density at radius 3 is 2.52 bits per heavy atom. The molecule has 0 spiro atoms. The molecule has 0 aliphatic heterocycles. The summed E-state index contributed by atoms with van der Waals surface area (Å²) in [6, 6.07) is 10.2. The van der Waals surface area contributed by atoms with Crippen molar-refractivity contribution >= 4 is 5.96 Å². The van der Waals surface area contributed by atoms with E-state index in [9.17, 15) is 0 Å². The zero-order valence-electron chi connectivity index (χ0n) is 16.4. The highest BCUT2D eigenvalue weighted by Gasteiger charge is 2.09. The van der Waals surface area contributed by atoms with Crippen LogP contribution in [0.2, 0.25) is 0 Å². The van der Waals surface area contributed by atoms with Gasteiger partial charge in [0.1, 0.15) is 0 Å². The van der Waals surface area contributed by atoms with Gasteiger partial charge in [0.05, 0.1) is 17.9 Å². The Kier molecular flexibility index (Phi) is 5.90. The predicted octanol–water partition coefficient (Wildman–Crippen LogP) is 2.48. The van der Waals surface area contributed by atoms with Crippen molar-refractivity contribution < 1.29 is 0 Å². The molecule has 0 fully saturated rings. The van der Waals surface area contributed by atoms with Crippen LogP contribution in [0.3, 0.4) is 0 Å². The molecule has 142 valence electrons. The van der Waals surface area contributed by atoms with Crippen LogP contribution in [-0.2, 0) is 20.1 Å². The van der Waals surface area contributed by atoms with Gasteiger partial charge in [-0.2, -0.15) is 10.2 Å². The van der Waals surface area contributed by atoms with E-state index < -0.39 is 0 Å². The summed E-state index contributed by atoms with van der Waals surface area (Å²) in [6.07, 6.45) is 3.71. The molecule has 0 unspecified atom stereocenters. The molecule has 1 aromatic carbocycles. The van der Waals surface area contributed by atoms with E-state index in [1.807, 2.05) is 35.6 Å². The van der Waals surface area contributed by atoms with E-state index in [1.165, 1.54) is 11.3 Å². The summed E-state index contributed by atoms with van der Waals surface area (Å²) in [6.45, 7) is 8.32. The quantitative estimate of drug-likeness (QED) is 0.520. The fourth-order valence-corrected chi connectivity index (χ4v) is 2.93. The maximum Gasteiger partial charge on any atom is 0.191 e. The number of rotatable bonds is 6. The number of guanidine groups is 1. The van der Waals surface area contributed by atoms with Crippen molar-refractivity contribution in [2.24, 2.45) is 12.0 Å². The van der Waals surface area contributed by atoms with Crippen LogP contribution in [0.1, 0.15) is 29.4 Å². The zero-order chi connectivity index (χ0) is 19.2. The van der Waals surface area contributed by atoms with Crippen LogP contribution in [0.5, 0.6) is 0 Å². The Labute approximate surface area is 160 Å². The Bertz CT molecular complexity index is 889. The fourth-order valence-electron chi connectivity index (χ4n) is 2.93. The zero-order valence-corrected chi connectivity index (χ0v) is 16.4. The summed E-state index contributed by atoms with van der Waals surface area (Å²) < 4.78 is 3.76. The molecule has 2 aromatic heterocycles. The summed E-state index contributed by atoms with van der Waals surface area (Å²) in [5.41, 5.74) is 5.63. The van der Waals surface area contributed by atoms with Crippen molar-refractivity contribution in [2.75, 3.05) is 6.54 Å². The summed E-state index contributed by atoms with van der Waals surface area (Å²) >= 11 is 0. The van der Waals surface area contributed by atoms with Gasteiger partial charge in [-0.1, -0.05) is 12.1 Å². The second-order valence-corrected chi connectivity index (χ2v) is 6.44. The van der Waals surface area contributed by atoms with Crippen LogP contribution in [0.15, 0.2) is 47.7 Å². The lowest BCUT2D eigenvalue weighted by Crippen LogP contribution is -2.37. The number of hydrogen-bond acceptors (Lipinski definition) is 3. The summed E-state index contributed by atoms with van der Waals surface area (Å²) in [4.78, 5) is 4.70. The van der Waals surface area contributed by atoms with Crippen molar-refractivity contribution in [1.82, 2.24) is 30.2 Å². The van der Waals surface area contributed by atoms with Crippen LogP contribution in [0, 0.1) is 13.8 Å². The minimum atomic E-state index is 0.611. The summed E-state index contributed by atoms with van der Waals surface area (Å²) in [5.74, 6) is 0.802. The third kappa shape index (κ3) is 4.55. The maximum absolute atomic E-state index is 4.70. The van der Waals surface area contributed by atoms with E-state index in [2.05, 4.69) is 58.9 Å². The Morgan fingerprint density at radius 2 is 1.93 bits per heavy atom. The van der Waals surface area contributed by atoms with Gasteiger partial charge in [0.2, 0.25) is 0 Å². The number of hydrogen-bond donors (Lipinski definition) is 2. The number of nitrogens with one attached hydrogen (secondary N) is 2. The average Bonchev–Trinajstić information content (AvgIpc) is 3.28. The molecule has 0 aliphatic rings. The number of aliphatic imine (C=N–C) groups is 1. The van der Waals surface area contributed by atoms with Crippen LogP contribution in [0.4, 0.5) is 0 Å². The molecule has 2 N–H and O–H groups in total. The van der Waals surface area contributed by atoms with Crippen LogP contribution in [-0.4, -0.2) is 32.1 Å². The van der Waals surface area contributed by atoms with Gasteiger partial charge in [-0.3, -0.25) is 4.68 Å². The smallest absolute Gasteiger partial charge is 0.191 e. The highest BCUT2D eigenvalue weighted by Crippen LogP contribution is 2.12. The van der Waals surface area contributed by atoms with E-state index >= 15 is 0 Å². The number of nitrogens with zero attached hydrogens (tertiary/aromatic N) is 5. The first-order chi connectivity index (χ1) is 13.1. The van der Waals surface area contributed by atoms with E-state index in [1.54, 1.807) is 6.20 Å². The molecule has 7 heteroatoms. The van der Waals surface area contributed by atoms with Crippen molar-refractivity contribution in [2.45, 2.75) is 33.9 Å². The average molecular weight is 365 g/mol. The Morgan fingerprint density at radius 1 is 1.15 bits per heavy atom. The van der Waals surface area contributed by atoms with Crippen LogP contribution < -0.4 is 10.6 Å². The van der Waals surface area contributed by atoms with Gasteiger partial charge in [-0.25, -0.2) is 9.67 Å². The third-order valence-corrected chi connectivity index (χ3v) is 4.56. The topological polar surface area (TPSA) is 72.1 Å². The Balaban J connectivity index is 1.64. The first kappa shape index (κ1) is 18.7. The Hall–Kier alpha value is -3.09. The molecule has 0 atom stereocenters. The van der Waals surface area contributed by atoms with Crippen LogP contribution in [0.25, 0.3) is 5.69 Å². The third-order valence-electron chi connectivity index (χ3n) is 4.56. The van der Waals surface area contributed by atoms with Gasteiger partial charge in [0, 0.05) is 43.8 Å². The van der Waals surface area contributed by atoms with E-state index in [-0.39, 0.29) is 0 Å². The van der Waals surface area contributed by atoms with Gasteiger partial charge in [0.15, 0.2) is 5.96 Å². The molecule has 0 radical (unpaired) electrons. The van der Waals surface area contributed by atoms with Crippen molar-refractivity contribution in [3.8, 4) is 5.69 Å². The molecule has 0 aliphatic carbocycles. The molecule has 2 heterocycles. The van der Waals surface area contributed by atoms with Crippen molar-refractivity contribution in [3.63, 3.8) is 0 Å². The maximum atomic E-state index is 4.70. The van der Waals surface area contributed by atoms with E-state index in [4.69, 9.17) is 4.99 Å². The van der Waals surface area contributed by atoms with Gasteiger partial charge >= 0.3 is 0 Å². The molecule has 27 heavy (non-hydrogen) atoms. The van der Waals surface area contributed by atoms with Crippen molar-refractivity contribution in [3.05, 3.63) is 65.2 Å². The standard InChI is InChI=1S/C20H27N7/c1-5-21-20(23-14-19-15(2)25-26(4)16(19)3)22-13-17-7-9-18(10-8-17)27-12-6-11-24-27/h6-12H,5,13-14H2,1-4H3,(H2,21,22,23). The molecule has 0 bridgehead atoms. The van der Waals surface area contributed by atoms with Gasteiger partial charge in [-0.05, 0) is 44.5 Å². The normalized spacial score (nSPS) is 11.6. The monoisotopic (exact) mass is 365 g/mol. The summed E-state index contributed by atoms with van der Waals surface area (Å²) in [7, 11) is 1.97. The molecular weight excluding hydrogens is 338 g/mol. The molecule has 3 aromatic rings. The first-order valence-corrected chi connectivity index (χ1v) is 9.18. The van der Waals surface area contributed by atoms with E-state index in [0.29, 0.717) is 13.1 Å². The second kappa shape index (κ2) is 8.53. The first-order valence-electron chi connectivity index (χ1n) is 9.18. The van der Waals surface area contributed by atoms with E-state index in [0.717, 1.165) is 29.4 Å². The minimum Gasteiger partial charge on any atom is -0.357 e. The lowest BCUT2D eigenvalue weighted by molar-refractivity contribution is 0.728. The predicted molar refractivity (Wildman–Crippen MR) is 108 cm³/mol. The van der Waals surface area contributed by atoms with Crippen molar-refractivity contribution in [1.29, 1.82) is 0 Å². The second-order valence-electron chi connectivity index (χ2n) is 6.44. The lowest BCUT2D eigenvalue weighted by Gasteiger charge is -2.12. The highest BCUT2D eigenvalue weighted by molar-refractivity contribution is 5.79. The molecule has 0 saturated heterocycles. The SMILES string of the molecule is CCNC(=NCc1ccc(-n2cccn2)cc1)NCc1c(C)nn(C)c1C. The van der Waals surface area contributed by atoms with Crippen LogP contribution >= 0.6 is 0 Å². The number of aryl methyl sites for hydroxylation is 2. The molecule has 3 rings (SSSR count). The number of aromatic nitrogens is 4. The molecule has 0 amide bonds. The minimum absolute atomic E-state index is 0.611. The van der Waals surface area contributed by atoms with Gasteiger partial charge in [0.25, 0.3) is 0 Å². The summed E-state index contributed by atoms with van der Waals surface area (Å²) in [5, 5.41) is 15.4. The van der Waals surface area contributed by atoms with Gasteiger partial charge < -0.3 is 10.6 Å². The molecular formula is C20H27N7.